The highest BCUT2D eigenvalue weighted by Crippen LogP contribution is 2.46. The Morgan fingerprint density at radius 1 is 0.854 bits per heavy atom. The maximum atomic E-state index is 14.5. The van der Waals surface area contributed by atoms with Crippen LogP contribution < -0.4 is 14.8 Å². The SMILES string of the molecule is CC(C)Oc1ccc(OC(C)C)c(C2=NC(c3ccc(Cl)cc3)C(c3ccc(Cl)cc3)N2C(=O)N2CCNCC2)c1. The number of piperazine rings is 1. The lowest BCUT2D eigenvalue weighted by Crippen LogP contribution is -2.53. The zero-order valence-corrected chi connectivity index (χ0v) is 25.3. The molecule has 2 amide bonds. The van der Waals surface area contributed by atoms with Crippen LogP contribution in [0.3, 0.4) is 0 Å². The van der Waals surface area contributed by atoms with Gasteiger partial charge in [0.05, 0.1) is 23.8 Å². The Morgan fingerprint density at radius 3 is 2.02 bits per heavy atom. The number of aliphatic imine (C=N–C) groups is 1. The minimum atomic E-state index is -0.424. The molecule has 216 valence electrons. The first-order valence-corrected chi connectivity index (χ1v) is 14.8. The van der Waals surface area contributed by atoms with Crippen LogP contribution in [0.15, 0.2) is 71.7 Å². The van der Waals surface area contributed by atoms with Gasteiger partial charge in [-0.1, -0.05) is 47.5 Å². The van der Waals surface area contributed by atoms with Crippen molar-refractivity contribution in [2.75, 3.05) is 26.2 Å². The minimum absolute atomic E-state index is 0.0209. The average molecular weight is 596 g/mol. The Kier molecular flexibility index (Phi) is 9.07. The number of rotatable bonds is 7. The van der Waals surface area contributed by atoms with Crippen molar-refractivity contribution in [3.63, 3.8) is 0 Å². The van der Waals surface area contributed by atoms with Gasteiger partial charge in [-0.2, -0.15) is 0 Å². The molecule has 2 heterocycles. The van der Waals surface area contributed by atoms with Crippen molar-refractivity contribution in [2.45, 2.75) is 52.0 Å². The van der Waals surface area contributed by atoms with Crippen LogP contribution >= 0.6 is 23.2 Å². The number of amides is 2. The second-order valence-corrected chi connectivity index (χ2v) is 11.7. The van der Waals surface area contributed by atoms with Gasteiger partial charge in [0.1, 0.15) is 23.4 Å². The lowest BCUT2D eigenvalue weighted by atomic mass is 9.93. The van der Waals surface area contributed by atoms with Gasteiger partial charge in [-0.05, 0) is 81.3 Å². The molecule has 41 heavy (non-hydrogen) atoms. The standard InChI is InChI=1S/C32H36Cl2N4O3/c1-20(2)40-26-13-14-28(41-21(3)4)27(19-26)31-36-29(22-5-9-24(33)10-6-22)30(23-7-11-25(34)12-8-23)38(31)32(39)37-17-15-35-16-18-37/h5-14,19-21,29-30,35H,15-18H2,1-4H3. The summed E-state index contributed by atoms with van der Waals surface area (Å²) >= 11 is 12.6. The predicted molar refractivity (Wildman–Crippen MR) is 165 cm³/mol. The summed E-state index contributed by atoms with van der Waals surface area (Å²) in [5.74, 6) is 1.86. The van der Waals surface area contributed by atoms with Crippen LogP contribution in [-0.4, -0.2) is 60.1 Å². The first-order valence-electron chi connectivity index (χ1n) is 14.1. The largest absolute Gasteiger partial charge is 0.491 e. The zero-order valence-electron chi connectivity index (χ0n) is 23.8. The van der Waals surface area contributed by atoms with E-state index in [4.69, 9.17) is 37.7 Å². The highest BCUT2D eigenvalue weighted by Gasteiger charge is 2.44. The van der Waals surface area contributed by atoms with E-state index in [9.17, 15) is 4.79 Å². The number of nitrogens with one attached hydrogen (secondary N) is 1. The molecule has 0 radical (unpaired) electrons. The molecule has 2 aliphatic heterocycles. The van der Waals surface area contributed by atoms with Gasteiger partial charge in [0.15, 0.2) is 0 Å². The molecule has 0 saturated carbocycles. The zero-order chi connectivity index (χ0) is 29.1. The summed E-state index contributed by atoms with van der Waals surface area (Å²) in [5, 5.41) is 4.61. The lowest BCUT2D eigenvalue weighted by molar-refractivity contribution is 0.157. The molecule has 2 unspecified atom stereocenters. The van der Waals surface area contributed by atoms with E-state index in [1.54, 1.807) is 0 Å². The number of urea groups is 1. The molecular weight excluding hydrogens is 559 g/mol. The molecule has 9 heteroatoms. The number of ether oxygens (including phenoxy) is 2. The van der Waals surface area contributed by atoms with Crippen LogP contribution in [0.1, 0.15) is 56.5 Å². The molecule has 2 aliphatic rings. The summed E-state index contributed by atoms with van der Waals surface area (Å²) in [4.78, 5) is 23.5. The maximum Gasteiger partial charge on any atom is 0.326 e. The average Bonchev–Trinajstić information content (AvgIpc) is 3.34. The van der Waals surface area contributed by atoms with Gasteiger partial charge in [-0.25, -0.2) is 4.79 Å². The van der Waals surface area contributed by atoms with Crippen LogP contribution in [0.25, 0.3) is 0 Å². The predicted octanol–water partition coefficient (Wildman–Crippen LogP) is 7.14. The van der Waals surface area contributed by atoms with E-state index >= 15 is 0 Å². The van der Waals surface area contributed by atoms with Crippen molar-refractivity contribution in [2.24, 2.45) is 4.99 Å². The van der Waals surface area contributed by atoms with E-state index in [1.165, 1.54) is 0 Å². The third kappa shape index (κ3) is 6.64. The molecule has 7 nitrogen and oxygen atoms in total. The summed E-state index contributed by atoms with van der Waals surface area (Å²) in [6.07, 6.45) is -0.100. The Morgan fingerprint density at radius 2 is 1.44 bits per heavy atom. The van der Waals surface area contributed by atoms with E-state index in [0.717, 1.165) is 24.2 Å². The van der Waals surface area contributed by atoms with Gasteiger partial charge in [0.2, 0.25) is 0 Å². The minimum Gasteiger partial charge on any atom is -0.491 e. The van der Waals surface area contributed by atoms with Gasteiger partial charge in [0.25, 0.3) is 0 Å². The first-order chi connectivity index (χ1) is 19.7. The molecule has 0 aliphatic carbocycles. The molecule has 1 N–H and O–H groups in total. The molecule has 1 saturated heterocycles. The number of amidine groups is 1. The molecule has 0 bridgehead atoms. The van der Waals surface area contributed by atoms with Crippen molar-refractivity contribution in [3.8, 4) is 11.5 Å². The molecule has 2 atom stereocenters. The monoisotopic (exact) mass is 594 g/mol. The summed E-state index contributed by atoms with van der Waals surface area (Å²) in [7, 11) is 0. The number of benzene rings is 3. The Bertz CT molecular complexity index is 1390. The van der Waals surface area contributed by atoms with E-state index in [0.29, 0.717) is 46.0 Å². The van der Waals surface area contributed by atoms with Crippen LogP contribution in [0, 0.1) is 0 Å². The normalized spacial score (nSPS) is 19.1. The second kappa shape index (κ2) is 12.7. The van der Waals surface area contributed by atoms with Crippen LogP contribution in [0.4, 0.5) is 4.79 Å². The third-order valence-corrected chi connectivity index (χ3v) is 7.51. The number of halogens is 2. The Hall–Kier alpha value is -3.26. The van der Waals surface area contributed by atoms with Crippen molar-refractivity contribution < 1.29 is 14.3 Å². The van der Waals surface area contributed by atoms with Crippen LogP contribution in [-0.2, 0) is 0 Å². The summed E-state index contributed by atoms with van der Waals surface area (Å²) < 4.78 is 12.3. The highest BCUT2D eigenvalue weighted by molar-refractivity contribution is 6.30. The van der Waals surface area contributed by atoms with E-state index < -0.39 is 12.1 Å². The highest BCUT2D eigenvalue weighted by atomic mass is 35.5. The van der Waals surface area contributed by atoms with E-state index in [1.807, 2.05) is 104 Å². The van der Waals surface area contributed by atoms with Gasteiger partial charge in [-0.15, -0.1) is 0 Å². The summed E-state index contributed by atoms with van der Waals surface area (Å²) in [6.45, 7) is 10.6. The van der Waals surface area contributed by atoms with Crippen molar-refractivity contribution in [3.05, 3.63) is 93.5 Å². The number of nitrogens with zero attached hydrogens (tertiary/aromatic N) is 3. The van der Waals surface area contributed by atoms with Gasteiger partial charge in [-0.3, -0.25) is 9.89 Å². The van der Waals surface area contributed by atoms with Crippen molar-refractivity contribution in [1.29, 1.82) is 0 Å². The van der Waals surface area contributed by atoms with Gasteiger partial charge < -0.3 is 19.7 Å². The topological polar surface area (TPSA) is 66.4 Å². The lowest BCUT2D eigenvalue weighted by Gasteiger charge is -2.36. The molecule has 1 fully saturated rings. The number of hydrogen-bond acceptors (Lipinski definition) is 5. The molecular formula is C32H36Cl2N4O3. The van der Waals surface area contributed by atoms with Crippen molar-refractivity contribution in [1.82, 2.24) is 15.1 Å². The second-order valence-electron chi connectivity index (χ2n) is 10.8. The number of carbonyl (C=O) groups is 1. The Labute approximate surface area is 252 Å². The smallest absolute Gasteiger partial charge is 0.326 e. The van der Waals surface area contributed by atoms with Gasteiger partial charge in [0, 0.05) is 36.2 Å². The molecule has 0 aromatic heterocycles. The molecule has 3 aromatic carbocycles. The Balaban J connectivity index is 1.71. The number of hydrogen-bond donors (Lipinski definition) is 1. The quantitative estimate of drug-likeness (QED) is 0.316. The fraction of sp³-hybridized carbons (Fsp3) is 0.375. The fourth-order valence-corrected chi connectivity index (χ4v) is 5.50. The third-order valence-electron chi connectivity index (χ3n) is 7.01. The van der Waals surface area contributed by atoms with Crippen LogP contribution in [0.5, 0.6) is 11.5 Å². The number of carbonyl (C=O) groups excluding carboxylic acids is 1. The summed E-state index contributed by atoms with van der Waals surface area (Å²) in [6, 6.07) is 20.1. The van der Waals surface area contributed by atoms with Crippen LogP contribution in [0.2, 0.25) is 10.0 Å². The molecule has 3 aromatic rings. The maximum absolute atomic E-state index is 14.5. The first kappa shape index (κ1) is 29.2. The van der Waals surface area contributed by atoms with E-state index in [2.05, 4.69) is 5.32 Å². The van der Waals surface area contributed by atoms with Crippen molar-refractivity contribution >= 4 is 35.1 Å². The fourth-order valence-electron chi connectivity index (χ4n) is 5.25. The van der Waals surface area contributed by atoms with E-state index in [-0.39, 0.29) is 18.2 Å². The molecule has 5 rings (SSSR count). The van der Waals surface area contributed by atoms with Gasteiger partial charge >= 0.3 is 6.03 Å². The summed E-state index contributed by atoms with van der Waals surface area (Å²) in [5.41, 5.74) is 2.58. The molecule has 0 spiro atoms.